The van der Waals surface area contributed by atoms with Crippen LogP contribution in [0.3, 0.4) is 0 Å². The summed E-state index contributed by atoms with van der Waals surface area (Å²) in [7, 11) is 2.82. The molecular weight excluding hydrogens is 457 g/mol. The first-order chi connectivity index (χ1) is 15.9. The first-order valence-electron chi connectivity index (χ1n) is 10.5. The van der Waals surface area contributed by atoms with Crippen molar-refractivity contribution in [3.05, 3.63) is 76.9 Å². The highest BCUT2D eigenvalue weighted by Gasteiger charge is 2.13. The molecule has 0 spiro atoms. The number of benzene rings is 2. The van der Waals surface area contributed by atoms with E-state index >= 15 is 0 Å². The van der Waals surface area contributed by atoms with Gasteiger partial charge < -0.3 is 5.32 Å². The van der Waals surface area contributed by atoms with Crippen LogP contribution in [0.4, 0.5) is 5.82 Å². The van der Waals surface area contributed by atoms with Gasteiger partial charge in [-0.25, -0.2) is 18.1 Å². The Balaban J connectivity index is 1.57. The van der Waals surface area contributed by atoms with Crippen LogP contribution < -0.4 is 15.5 Å². The second kappa shape index (κ2) is 9.95. The predicted molar refractivity (Wildman–Crippen MR) is 134 cm³/mol. The Labute approximate surface area is 199 Å². The third-order valence-electron chi connectivity index (χ3n) is 5.08. The van der Waals surface area contributed by atoms with E-state index in [1.807, 2.05) is 61.5 Å². The van der Waals surface area contributed by atoms with E-state index in [1.165, 1.54) is 0 Å². The van der Waals surface area contributed by atoms with E-state index in [9.17, 15) is 8.42 Å². The summed E-state index contributed by atoms with van der Waals surface area (Å²) in [5.41, 5.74) is 4.36. The molecule has 168 valence electrons. The Kier molecular flexibility index (Phi) is 7.02. The fraction of sp³-hybridized carbons (Fsp3) is 0.217. The highest BCUT2D eigenvalue weighted by atomic mass is 35.5. The van der Waals surface area contributed by atoms with E-state index in [2.05, 4.69) is 20.1 Å². The minimum atomic E-state index is -3.26. The van der Waals surface area contributed by atoms with Gasteiger partial charge >= 0.3 is 0 Å². The molecule has 0 atom stereocenters. The fourth-order valence-electron chi connectivity index (χ4n) is 3.49. The van der Waals surface area contributed by atoms with Gasteiger partial charge in [-0.3, -0.25) is 0 Å². The third kappa shape index (κ3) is 5.55. The summed E-state index contributed by atoms with van der Waals surface area (Å²) >= 11 is 6.39. The molecule has 4 aromatic rings. The Morgan fingerprint density at radius 1 is 1.06 bits per heavy atom. The molecule has 0 aliphatic heterocycles. The van der Waals surface area contributed by atoms with Gasteiger partial charge in [0.2, 0.25) is 10.0 Å². The first kappa shape index (κ1) is 23.3. The normalized spacial score (nSPS) is 11.7. The van der Waals surface area contributed by atoms with Crippen LogP contribution in [0.5, 0.6) is 0 Å². The highest BCUT2D eigenvalue weighted by Crippen LogP contribution is 2.28. The molecule has 10 heteroatoms. The van der Waals surface area contributed by atoms with Gasteiger partial charge in [0.1, 0.15) is 13.7 Å². The molecule has 0 saturated carbocycles. The summed E-state index contributed by atoms with van der Waals surface area (Å²) in [5, 5.41) is 8.32. The highest BCUT2D eigenvalue weighted by molar-refractivity contribution is 7.89. The van der Waals surface area contributed by atoms with Crippen molar-refractivity contribution in [1.82, 2.24) is 19.3 Å². The maximum Gasteiger partial charge on any atom is 0.211 e. The zero-order valence-corrected chi connectivity index (χ0v) is 19.7. The maximum atomic E-state index is 11.9. The quantitative estimate of drug-likeness (QED) is 0.360. The number of hydrogen-bond acceptors (Lipinski definition) is 5. The summed E-state index contributed by atoms with van der Waals surface area (Å²) in [6.07, 6.45) is 2.14. The second-order valence-corrected chi connectivity index (χ2v) is 9.99. The van der Waals surface area contributed by atoms with Crippen molar-refractivity contribution in [3.8, 4) is 11.3 Å². The number of fused-ring (bicyclic) bond motifs is 1. The summed E-state index contributed by atoms with van der Waals surface area (Å²) in [6, 6.07) is 17.1. The maximum absolute atomic E-state index is 11.9. The van der Waals surface area contributed by atoms with Crippen molar-refractivity contribution < 1.29 is 8.42 Å². The van der Waals surface area contributed by atoms with Crippen LogP contribution in [-0.4, -0.2) is 36.6 Å². The molecule has 2 N–H and O–H groups in total. The van der Waals surface area contributed by atoms with Crippen molar-refractivity contribution >= 4 is 46.4 Å². The fourth-order valence-corrected chi connectivity index (χ4v) is 4.79. The molecule has 4 rings (SSSR count). The van der Waals surface area contributed by atoms with Crippen LogP contribution >= 0.6 is 11.6 Å². The average molecular weight is 480 g/mol. The lowest BCUT2D eigenvalue weighted by atomic mass is 10.0. The number of hydrogen-bond donors (Lipinski definition) is 2. The third-order valence-corrected chi connectivity index (χ3v) is 6.94. The zero-order chi connectivity index (χ0) is 23.4. The number of anilines is 1. The Morgan fingerprint density at radius 3 is 2.58 bits per heavy atom. The van der Waals surface area contributed by atoms with E-state index in [1.54, 1.807) is 10.7 Å². The summed E-state index contributed by atoms with van der Waals surface area (Å²) in [4.78, 5) is 4.64. The molecule has 2 aromatic carbocycles. The molecule has 33 heavy (non-hydrogen) atoms. The lowest BCUT2D eigenvalue weighted by molar-refractivity contribution is 0.580. The largest absolute Gasteiger partial charge is 0.366 e. The van der Waals surface area contributed by atoms with E-state index < -0.39 is 10.0 Å². The van der Waals surface area contributed by atoms with E-state index in [-0.39, 0.29) is 12.3 Å². The molecule has 2 heterocycles. The van der Waals surface area contributed by atoms with Gasteiger partial charge in [0.25, 0.3) is 0 Å². The Hall–Kier alpha value is -2.88. The van der Waals surface area contributed by atoms with Gasteiger partial charge in [-0.15, -0.1) is 0 Å². The van der Waals surface area contributed by atoms with Gasteiger partial charge in [-0.1, -0.05) is 61.0 Å². The van der Waals surface area contributed by atoms with Gasteiger partial charge in [0.15, 0.2) is 5.65 Å². The van der Waals surface area contributed by atoms with Crippen LogP contribution in [0.25, 0.3) is 16.9 Å². The molecule has 0 amide bonds. The molecule has 0 aliphatic rings. The van der Waals surface area contributed by atoms with Crippen molar-refractivity contribution in [2.24, 2.45) is 0 Å². The van der Waals surface area contributed by atoms with Gasteiger partial charge in [0.05, 0.1) is 11.4 Å². The van der Waals surface area contributed by atoms with E-state index in [0.717, 1.165) is 16.7 Å². The molecule has 2 aromatic heterocycles. The van der Waals surface area contributed by atoms with E-state index in [4.69, 9.17) is 19.4 Å². The monoisotopic (exact) mass is 479 g/mol. The van der Waals surface area contributed by atoms with Gasteiger partial charge in [-0.05, 0) is 29.1 Å². The van der Waals surface area contributed by atoms with Crippen molar-refractivity contribution in [1.29, 1.82) is 0 Å². The SMILES string of the molecule is [B]c1cnn2c(NCc3cccc(CNS(=O)(=O)CCC)c3)cc(-c3ccccc3Cl)nc12. The first-order valence-corrected chi connectivity index (χ1v) is 12.6. The van der Waals surface area contributed by atoms with Crippen LogP contribution in [-0.2, 0) is 23.1 Å². The number of rotatable bonds is 9. The topological polar surface area (TPSA) is 88.4 Å². The minimum absolute atomic E-state index is 0.118. The van der Waals surface area contributed by atoms with Crippen LogP contribution in [0, 0.1) is 0 Å². The smallest absolute Gasteiger partial charge is 0.211 e. The molecular formula is C23H23BClN5O2S. The van der Waals surface area contributed by atoms with Crippen LogP contribution in [0.1, 0.15) is 24.5 Å². The van der Waals surface area contributed by atoms with E-state index in [0.29, 0.717) is 40.6 Å². The number of aromatic nitrogens is 3. The second-order valence-electron chi connectivity index (χ2n) is 7.66. The lowest BCUT2D eigenvalue weighted by Gasteiger charge is -2.13. The van der Waals surface area contributed by atoms with Crippen molar-refractivity contribution in [2.75, 3.05) is 11.1 Å². The molecule has 0 bridgehead atoms. The summed E-state index contributed by atoms with van der Waals surface area (Å²) in [5.74, 6) is 0.827. The molecule has 0 fully saturated rings. The number of nitrogens with zero attached hydrogens (tertiary/aromatic N) is 3. The summed E-state index contributed by atoms with van der Waals surface area (Å²) in [6.45, 7) is 2.59. The standard InChI is InChI=1S/C23H23BClN5O2S/c1-2-10-33(31,32)28-14-17-7-5-6-16(11-17)13-26-22-12-21(18-8-3-4-9-20(18)25)29-23-19(24)15-27-30(22)23/h3-9,11-12,15,26,28H,2,10,13-14H2,1H3. The van der Waals surface area contributed by atoms with Crippen molar-refractivity contribution in [3.63, 3.8) is 0 Å². The van der Waals surface area contributed by atoms with Gasteiger partial charge in [0, 0.05) is 35.9 Å². The van der Waals surface area contributed by atoms with Crippen molar-refractivity contribution in [2.45, 2.75) is 26.4 Å². The number of nitrogens with one attached hydrogen (secondary N) is 2. The zero-order valence-electron chi connectivity index (χ0n) is 18.1. The number of halogens is 1. The molecule has 0 unspecified atom stereocenters. The molecule has 7 nitrogen and oxygen atoms in total. The average Bonchev–Trinajstić information content (AvgIpc) is 3.17. The number of sulfonamides is 1. The lowest BCUT2D eigenvalue weighted by Crippen LogP contribution is -2.25. The van der Waals surface area contributed by atoms with Crippen LogP contribution in [0.15, 0.2) is 60.8 Å². The van der Waals surface area contributed by atoms with Gasteiger partial charge in [-0.2, -0.15) is 9.61 Å². The minimum Gasteiger partial charge on any atom is -0.366 e. The Morgan fingerprint density at radius 2 is 1.82 bits per heavy atom. The predicted octanol–water partition coefficient (Wildman–Crippen LogP) is 3.29. The molecule has 0 saturated heterocycles. The molecule has 2 radical (unpaired) electrons. The molecule has 0 aliphatic carbocycles. The Bertz CT molecular complexity index is 1390. The van der Waals surface area contributed by atoms with Crippen LogP contribution in [0.2, 0.25) is 5.02 Å². The summed E-state index contributed by atoms with van der Waals surface area (Å²) < 4.78 is 28.2.